The summed E-state index contributed by atoms with van der Waals surface area (Å²) in [4.78, 5) is 0. The van der Waals surface area contributed by atoms with Crippen molar-refractivity contribution >= 4 is 37.7 Å². The molecule has 0 unspecified atom stereocenters. The zero-order valence-corrected chi connectivity index (χ0v) is 21.3. The summed E-state index contributed by atoms with van der Waals surface area (Å²) in [5, 5.41) is 2.57. The smallest absolute Gasteiger partial charge is 0.0547 e. The first-order chi connectivity index (χ1) is 17.0. The Morgan fingerprint density at radius 1 is 0.571 bits per heavy atom. The van der Waals surface area contributed by atoms with Crippen LogP contribution >= 0.6 is 15.9 Å². The molecular weight excluding hydrogens is 490 g/mol. The second-order valence-corrected chi connectivity index (χ2v) is 10.9. The lowest BCUT2D eigenvalue weighted by atomic mass is 9.82. The molecule has 0 spiro atoms. The highest BCUT2D eigenvalue weighted by Crippen LogP contribution is 2.50. The van der Waals surface area contributed by atoms with Gasteiger partial charge in [0.15, 0.2) is 0 Å². The first kappa shape index (κ1) is 20.7. The minimum Gasteiger partial charge on any atom is -0.309 e. The summed E-state index contributed by atoms with van der Waals surface area (Å²) in [6.07, 6.45) is 0. The predicted molar refractivity (Wildman–Crippen MR) is 151 cm³/mol. The maximum atomic E-state index is 3.69. The maximum Gasteiger partial charge on any atom is 0.0547 e. The number of para-hydroxylation sites is 2. The molecule has 0 radical (unpaired) electrons. The van der Waals surface area contributed by atoms with E-state index in [0.29, 0.717) is 0 Å². The van der Waals surface area contributed by atoms with E-state index in [1.54, 1.807) is 0 Å². The number of aromatic nitrogens is 1. The summed E-state index contributed by atoms with van der Waals surface area (Å²) < 4.78 is 3.51. The molecule has 168 valence electrons. The van der Waals surface area contributed by atoms with Crippen molar-refractivity contribution in [1.29, 1.82) is 0 Å². The molecule has 0 bridgehead atoms. The summed E-state index contributed by atoms with van der Waals surface area (Å²) in [6, 6.07) is 40.0. The second kappa shape index (κ2) is 7.44. The summed E-state index contributed by atoms with van der Waals surface area (Å²) in [5.74, 6) is 0. The van der Waals surface area contributed by atoms with Gasteiger partial charge in [-0.3, -0.25) is 0 Å². The van der Waals surface area contributed by atoms with E-state index in [-0.39, 0.29) is 5.41 Å². The highest BCUT2D eigenvalue weighted by Gasteiger charge is 2.35. The normalized spacial score (nSPS) is 13.8. The molecule has 0 saturated heterocycles. The Balaban J connectivity index is 1.47. The van der Waals surface area contributed by atoms with E-state index in [2.05, 4.69) is 144 Å². The van der Waals surface area contributed by atoms with Crippen LogP contribution in [0.15, 0.2) is 114 Å². The fourth-order valence-electron chi connectivity index (χ4n) is 5.93. The molecule has 1 aliphatic carbocycles. The van der Waals surface area contributed by atoms with Gasteiger partial charge in [0.2, 0.25) is 0 Å². The third kappa shape index (κ3) is 3.00. The minimum absolute atomic E-state index is 0.00752. The molecule has 5 aromatic carbocycles. The van der Waals surface area contributed by atoms with Gasteiger partial charge in [-0.2, -0.15) is 0 Å². The molecule has 0 fully saturated rings. The second-order valence-electron chi connectivity index (χ2n) is 10.00. The van der Waals surface area contributed by atoms with Gasteiger partial charge in [0.05, 0.1) is 11.0 Å². The highest BCUT2D eigenvalue weighted by atomic mass is 79.9. The van der Waals surface area contributed by atoms with Crippen LogP contribution in [0.25, 0.3) is 49.7 Å². The Morgan fingerprint density at radius 3 is 2.03 bits per heavy atom. The van der Waals surface area contributed by atoms with Crippen molar-refractivity contribution in [1.82, 2.24) is 4.57 Å². The van der Waals surface area contributed by atoms with Gasteiger partial charge in [0, 0.05) is 26.3 Å². The summed E-state index contributed by atoms with van der Waals surface area (Å²) >= 11 is 3.69. The summed E-state index contributed by atoms with van der Waals surface area (Å²) in [5.41, 5.74) is 11.6. The third-order valence-corrected chi connectivity index (χ3v) is 8.15. The minimum atomic E-state index is 0.00752. The molecule has 6 aromatic rings. The van der Waals surface area contributed by atoms with Crippen LogP contribution < -0.4 is 0 Å². The molecule has 0 atom stereocenters. The van der Waals surface area contributed by atoms with Crippen molar-refractivity contribution in [2.45, 2.75) is 19.3 Å². The van der Waals surface area contributed by atoms with Crippen LogP contribution in [-0.2, 0) is 5.41 Å². The number of hydrogen-bond donors (Lipinski definition) is 0. The van der Waals surface area contributed by atoms with Crippen LogP contribution in [0, 0.1) is 0 Å². The molecule has 0 N–H and O–H groups in total. The zero-order valence-electron chi connectivity index (χ0n) is 19.7. The average molecular weight is 514 g/mol. The van der Waals surface area contributed by atoms with Crippen LogP contribution in [0.3, 0.4) is 0 Å². The van der Waals surface area contributed by atoms with Gasteiger partial charge in [-0.1, -0.05) is 96.5 Å². The number of fused-ring (bicyclic) bond motifs is 6. The van der Waals surface area contributed by atoms with Gasteiger partial charge in [0.1, 0.15) is 0 Å². The van der Waals surface area contributed by atoms with Crippen LogP contribution in [0.2, 0.25) is 0 Å². The molecule has 1 heterocycles. The van der Waals surface area contributed by atoms with Gasteiger partial charge in [0.25, 0.3) is 0 Å². The van der Waals surface area contributed by atoms with E-state index in [1.807, 2.05) is 0 Å². The Hall–Kier alpha value is -3.62. The van der Waals surface area contributed by atoms with E-state index in [4.69, 9.17) is 0 Å². The van der Waals surface area contributed by atoms with Crippen molar-refractivity contribution in [3.63, 3.8) is 0 Å². The predicted octanol–water partition coefficient (Wildman–Crippen LogP) is 9.52. The van der Waals surface area contributed by atoms with Gasteiger partial charge in [-0.15, -0.1) is 0 Å². The van der Waals surface area contributed by atoms with Gasteiger partial charge in [-0.05, 0) is 75.8 Å². The number of rotatable bonds is 2. The molecular formula is C33H24BrN. The SMILES string of the molecule is CC1(C)c2ccc(Br)cc2-c2cc(-c3ccc4c5ccccc5n(-c5ccccc5)c4c3)ccc21. The topological polar surface area (TPSA) is 4.93 Å². The van der Waals surface area contributed by atoms with Gasteiger partial charge >= 0.3 is 0 Å². The first-order valence-electron chi connectivity index (χ1n) is 12.1. The maximum absolute atomic E-state index is 3.69. The van der Waals surface area contributed by atoms with E-state index >= 15 is 0 Å². The summed E-state index contributed by atoms with van der Waals surface area (Å²) in [7, 11) is 0. The van der Waals surface area contributed by atoms with Crippen molar-refractivity contribution in [3.8, 4) is 27.9 Å². The fraction of sp³-hybridized carbons (Fsp3) is 0.0909. The molecule has 7 rings (SSSR count). The van der Waals surface area contributed by atoms with Gasteiger partial charge in [-0.25, -0.2) is 0 Å². The zero-order chi connectivity index (χ0) is 23.7. The highest BCUT2D eigenvalue weighted by molar-refractivity contribution is 9.10. The van der Waals surface area contributed by atoms with E-state index < -0.39 is 0 Å². The lowest BCUT2D eigenvalue weighted by Crippen LogP contribution is -2.14. The number of hydrogen-bond acceptors (Lipinski definition) is 0. The van der Waals surface area contributed by atoms with E-state index in [1.165, 1.54) is 60.9 Å². The Labute approximate surface area is 213 Å². The number of nitrogens with zero attached hydrogens (tertiary/aromatic N) is 1. The Bertz CT molecular complexity index is 1770. The molecule has 0 saturated carbocycles. The molecule has 0 aliphatic heterocycles. The van der Waals surface area contributed by atoms with Crippen LogP contribution in [0.4, 0.5) is 0 Å². The lowest BCUT2D eigenvalue weighted by molar-refractivity contribution is 0.660. The molecule has 35 heavy (non-hydrogen) atoms. The molecule has 1 nitrogen and oxygen atoms in total. The molecule has 2 heteroatoms. The van der Waals surface area contributed by atoms with Crippen LogP contribution in [-0.4, -0.2) is 4.57 Å². The molecule has 1 aliphatic rings. The number of benzene rings is 5. The Morgan fingerprint density at radius 2 is 1.20 bits per heavy atom. The largest absolute Gasteiger partial charge is 0.309 e. The fourth-order valence-corrected chi connectivity index (χ4v) is 6.29. The molecule has 1 aromatic heterocycles. The first-order valence-corrected chi connectivity index (χ1v) is 12.9. The lowest BCUT2D eigenvalue weighted by Gasteiger charge is -2.21. The van der Waals surface area contributed by atoms with Gasteiger partial charge < -0.3 is 4.57 Å². The summed E-state index contributed by atoms with van der Waals surface area (Å²) in [6.45, 7) is 4.66. The van der Waals surface area contributed by atoms with Crippen molar-refractivity contribution in [2.75, 3.05) is 0 Å². The monoisotopic (exact) mass is 513 g/mol. The van der Waals surface area contributed by atoms with E-state index in [0.717, 1.165) is 4.47 Å². The van der Waals surface area contributed by atoms with Crippen LogP contribution in [0.1, 0.15) is 25.0 Å². The third-order valence-electron chi connectivity index (χ3n) is 7.66. The number of halogens is 1. The van der Waals surface area contributed by atoms with Crippen molar-refractivity contribution < 1.29 is 0 Å². The van der Waals surface area contributed by atoms with Crippen LogP contribution in [0.5, 0.6) is 0 Å². The van der Waals surface area contributed by atoms with Crippen molar-refractivity contribution in [2.24, 2.45) is 0 Å². The molecule has 0 amide bonds. The standard InChI is InChI=1S/C33H24BrN/c1-33(2)29-16-13-21(18-27(29)28-20-23(34)14-17-30(28)33)22-12-15-26-25-10-6-7-11-31(25)35(32(26)19-22)24-8-4-3-5-9-24/h3-20H,1-2H3. The quantitative estimate of drug-likeness (QED) is 0.217. The van der Waals surface area contributed by atoms with E-state index in [9.17, 15) is 0 Å². The average Bonchev–Trinajstić information content (AvgIpc) is 3.33. The Kier molecular flexibility index (Phi) is 4.40. The van der Waals surface area contributed by atoms with Crippen molar-refractivity contribution in [3.05, 3.63) is 125 Å².